The second-order valence-corrected chi connectivity index (χ2v) is 5.18. The van der Waals surface area contributed by atoms with Crippen LogP contribution in [-0.4, -0.2) is 37.7 Å². The van der Waals surface area contributed by atoms with Gasteiger partial charge in [-0.05, 0) is 39.2 Å². The Morgan fingerprint density at radius 2 is 2.11 bits per heavy atom. The summed E-state index contributed by atoms with van der Waals surface area (Å²) in [6, 6.07) is 4.10. The summed E-state index contributed by atoms with van der Waals surface area (Å²) in [5.74, 6) is 0.128. The minimum atomic E-state index is -0.368. The SMILES string of the molecule is CN(C)C(C)(CN)CCOc1ccc(F)cc1Cl. The third-order valence-corrected chi connectivity index (χ3v) is 3.61. The zero-order valence-corrected chi connectivity index (χ0v) is 11.8. The maximum absolute atomic E-state index is 12.9. The molecule has 1 unspecified atom stereocenters. The Kier molecular flexibility index (Phi) is 5.38. The van der Waals surface area contributed by atoms with E-state index in [2.05, 4.69) is 11.8 Å². The van der Waals surface area contributed by atoms with Crippen molar-refractivity contribution in [3.63, 3.8) is 0 Å². The zero-order valence-electron chi connectivity index (χ0n) is 11.0. The molecule has 1 aromatic carbocycles. The lowest BCUT2D eigenvalue weighted by atomic mass is 9.97. The van der Waals surface area contributed by atoms with E-state index in [1.165, 1.54) is 18.2 Å². The minimum absolute atomic E-state index is 0.119. The van der Waals surface area contributed by atoms with Gasteiger partial charge in [-0.3, -0.25) is 0 Å². The molecule has 0 fully saturated rings. The predicted molar refractivity (Wildman–Crippen MR) is 72.7 cm³/mol. The Labute approximate surface area is 113 Å². The molecule has 5 heteroatoms. The van der Waals surface area contributed by atoms with Crippen molar-refractivity contribution in [3.05, 3.63) is 29.0 Å². The second kappa shape index (κ2) is 6.36. The Morgan fingerprint density at radius 3 is 2.61 bits per heavy atom. The van der Waals surface area contributed by atoms with Gasteiger partial charge in [-0.1, -0.05) is 11.6 Å². The summed E-state index contributed by atoms with van der Waals surface area (Å²) in [6.07, 6.45) is 0.768. The summed E-state index contributed by atoms with van der Waals surface area (Å²) in [4.78, 5) is 2.07. The van der Waals surface area contributed by atoms with Gasteiger partial charge in [-0.25, -0.2) is 4.39 Å². The highest BCUT2D eigenvalue weighted by atomic mass is 35.5. The van der Waals surface area contributed by atoms with E-state index in [0.29, 0.717) is 18.9 Å². The van der Waals surface area contributed by atoms with Crippen LogP contribution in [-0.2, 0) is 0 Å². The Bertz CT molecular complexity index is 401. The van der Waals surface area contributed by atoms with Crippen molar-refractivity contribution in [2.75, 3.05) is 27.2 Å². The number of hydrogen-bond donors (Lipinski definition) is 1. The lowest BCUT2D eigenvalue weighted by Crippen LogP contribution is -2.48. The van der Waals surface area contributed by atoms with Crippen LogP contribution in [0.2, 0.25) is 5.02 Å². The van der Waals surface area contributed by atoms with Crippen LogP contribution < -0.4 is 10.5 Å². The van der Waals surface area contributed by atoms with E-state index in [-0.39, 0.29) is 16.4 Å². The Morgan fingerprint density at radius 1 is 1.44 bits per heavy atom. The van der Waals surface area contributed by atoms with E-state index in [9.17, 15) is 4.39 Å². The molecule has 0 aliphatic heterocycles. The molecule has 1 atom stereocenters. The molecule has 0 spiro atoms. The van der Waals surface area contributed by atoms with Crippen LogP contribution in [0.25, 0.3) is 0 Å². The molecule has 3 nitrogen and oxygen atoms in total. The highest BCUT2D eigenvalue weighted by Crippen LogP contribution is 2.25. The third kappa shape index (κ3) is 3.83. The van der Waals surface area contributed by atoms with E-state index in [1.54, 1.807) is 0 Å². The molecule has 2 N–H and O–H groups in total. The second-order valence-electron chi connectivity index (χ2n) is 4.77. The number of hydrogen-bond acceptors (Lipinski definition) is 3. The fourth-order valence-electron chi connectivity index (χ4n) is 1.48. The zero-order chi connectivity index (χ0) is 13.8. The van der Waals surface area contributed by atoms with Crippen molar-refractivity contribution >= 4 is 11.6 Å². The molecule has 0 aromatic heterocycles. The normalized spacial score (nSPS) is 14.6. The van der Waals surface area contributed by atoms with Gasteiger partial charge in [0, 0.05) is 18.5 Å². The standard InChI is InChI=1S/C13H20ClFN2O/c1-13(9-16,17(2)3)6-7-18-12-5-4-10(15)8-11(12)14/h4-5,8H,6-7,9,16H2,1-3H3. The third-order valence-electron chi connectivity index (χ3n) is 3.31. The summed E-state index contributed by atoms with van der Waals surface area (Å²) >= 11 is 5.88. The minimum Gasteiger partial charge on any atom is -0.492 e. The average molecular weight is 275 g/mol. The lowest BCUT2D eigenvalue weighted by molar-refractivity contribution is 0.139. The van der Waals surface area contributed by atoms with Crippen molar-refractivity contribution in [2.24, 2.45) is 5.73 Å². The molecule has 0 heterocycles. The molecular formula is C13H20ClFN2O. The fraction of sp³-hybridized carbons (Fsp3) is 0.538. The molecule has 1 rings (SSSR count). The van der Waals surface area contributed by atoms with E-state index < -0.39 is 0 Å². The van der Waals surface area contributed by atoms with E-state index in [4.69, 9.17) is 22.1 Å². The number of likely N-dealkylation sites (N-methyl/N-ethyl adjacent to an activating group) is 1. The van der Waals surface area contributed by atoms with Crippen LogP contribution in [0, 0.1) is 5.82 Å². The molecule has 18 heavy (non-hydrogen) atoms. The summed E-state index contributed by atoms with van der Waals surface area (Å²) < 4.78 is 18.4. The van der Waals surface area contributed by atoms with Gasteiger partial charge in [0.25, 0.3) is 0 Å². The average Bonchev–Trinajstić information content (AvgIpc) is 2.31. The monoisotopic (exact) mass is 274 g/mol. The van der Waals surface area contributed by atoms with Crippen LogP contribution in [0.15, 0.2) is 18.2 Å². The van der Waals surface area contributed by atoms with Gasteiger partial charge in [0.1, 0.15) is 11.6 Å². The molecule has 0 aliphatic carbocycles. The highest BCUT2D eigenvalue weighted by Gasteiger charge is 2.24. The molecular weight excluding hydrogens is 255 g/mol. The number of nitrogens with two attached hydrogens (primary N) is 1. The van der Waals surface area contributed by atoms with Crippen LogP contribution in [0.4, 0.5) is 4.39 Å². The number of nitrogens with zero attached hydrogens (tertiary/aromatic N) is 1. The predicted octanol–water partition coefficient (Wildman–Crippen LogP) is 2.53. The van der Waals surface area contributed by atoms with Crippen LogP contribution in [0.1, 0.15) is 13.3 Å². The molecule has 0 aliphatic rings. The first-order chi connectivity index (χ1) is 8.39. The Hall–Kier alpha value is -0.840. The van der Waals surface area contributed by atoms with Gasteiger partial charge in [0.05, 0.1) is 11.6 Å². The van der Waals surface area contributed by atoms with E-state index in [1.807, 2.05) is 14.1 Å². The van der Waals surface area contributed by atoms with Gasteiger partial charge in [-0.15, -0.1) is 0 Å². The van der Waals surface area contributed by atoms with Crippen LogP contribution in [0.3, 0.4) is 0 Å². The molecule has 0 radical (unpaired) electrons. The quantitative estimate of drug-likeness (QED) is 0.866. The van der Waals surface area contributed by atoms with Crippen LogP contribution >= 0.6 is 11.6 Å². The molecule has 1 aromatic rings. The van der Waals surface area contributed by atoms with Crippen molar-refractivity contribution in [1.82, 2.24) is 4.90 Å². The number of ether oxygens (including phenoxy) is 1. The van der Waals surface area contributed by atoms with Gasteiger partial charge < -0.3 is 15.4 Å². The smallest absolute Gasteiger partial charge is 0.138 e. The van der Waals surface area contributed by atoms with E-state index >= 15 is 0 Å². The first kappa shape index (κ1) is 15.2. The molecule has 0 saturated carbocycles. The maximum atomic E-state index is 12.9. The van der Waals surface area contributed by atoms with Crippen molar-refractivity contribution in [1.29, 1.82) is 0 Å². The number of benzene rings is 1. The van der Waals surface area contributed by atoms with Gasteiger partial charge >= 0.3 is 0 Å². The lowest BCUT2D eigenvalue weighted by Gasteiger charge is -2.35. The summed E-state index contributed by atoms with van der Waals surface area (Å²) in [7, 11) is 3.97. The number of rotatable bonds is 6. The van der Waals surface area contributed by atoms with Crippen molar-refractivity contribution in [3.8, 4) is 5.75 Å². The largest absolute Gasteiger partial charge is 0.492 e. The van der Waals surface area contributed by atoms with Crippen molar-refractivity contribution < 1.29 is 9.13 Å². The van der Waals surface area contributed by atoms with Gasteiger partial charge in [-0.2, -0.15) is 0 Å². The molecule has 0 saturated heterocycles. The summed E-state index contributed by atoms with van der Waals surface area (Å²) in [5.41, 5.74) is 5.65. The number of halogens is 2. The summed E-state index contributed by atoms with van der Waals surface area (Å²) in [6.45, 7) is 3.10. The topological polar surface area (TPSA) is 38.5 Å². The van der Waals surface area contributed by atoms with Gasteiger partial charge in [0.2, 0.25) is 0 Å². The van der Waals surface area contributed by atoms with E-state index in [0.717, 1.165) is 6.42 Å². The molecule has 0 bridgehead atoms. The fourth-order valence-corrected chi connectivity index (χ4v) is 1.70. The van der Waals surface area contributed by atoms with Gasteiger partial charge in [0.15, 0.2) is 0 Å². The first-order valence-corrected chi connectivity index (χ1v) is 6.22. The Balaban J connectivity index is 2.56. The molecule has 0 amide bonds. The molecule has 102 valence electrons. The maximum Gasteiger partial charge on any atom is 0.138 e. The highest BCUT2D eigenvalue weighted by molar-refractivity contribution is 6.32. The summed E-state index contributed by atoms with van der Waals surface area (Å²) in [5, 5.41) is 0.286. The van der Waals surface area contributed by atoms with Crippen LogP contribution in [0.5, 0.6) is 5.75 Å². The first-order valence-electron chi connectivity index (χ1n) is 5.84. The van der Waals surface area contributed by atoms with Crippen molar-refractivity contribution in [2.45, 2.75) is 18.9 Å².